The molecule has 0 fully saturated rings. The molecule has 0 amide bonds. The van der Waals surface area contributed by atoms with Gasteiger partial charge in [0.1, 0.15) is 5.75 Å². The van der Waals surface area contributed by atoms with Crippen molar-refractivity contribution in [2.75, 3.05) is 7.11 Å². The van der Waals surface area contributed by atoms with E-state index in [-0.39, 0.29) is 0 Å². The summed E-state index contributed by atoms with van der Waals surface area (Å²) in [4.78, 5) is 10.5. The minimum atomic E-state index is -1.18. The molecule has 0 saturated heterocycles. The number of rotatable bonds is 6. The average molecular weight is 247 g/mol. The van der Waals surface area contributed by atoms with Crippen LogP contribution in [0.25, 0.3) is 6.08 Å². The monoisotopic (exact) mass is 247 g/mol. The van der Waals surface area contributed by atoms with Crippen molar-refractivity contribution in [1.29, 1.82) is 0 Å². The Bertz CT molecular complexity index is 433. The molecule has 0 saturated carbocycles. The van der Waals surface area contributed by atoms with Gasteiger partial charge in [-0.2, -0.15) is 0 Å². The number of aliphatic carboxylic acids is 1. The molecule has 1 aromatic carbocycles. The standard InChI is InChI=1S/C15H20O3/c1-11(2)4-5-13-10-14(18-3)8-6-12(13)7-9-15(16)17/h6-11H,4-5H2,1-3H3,(H,16,17)/p-1/b9-7+. The molecule has 0 bridgehead atoms. The summed E-state index contributed by atoms with van der Waals surface area (Å²) >= 11 is 0. The zero-order valence-electron chi connectivity index (χ0n) is 11.1. The maximum Gasteiger partial charge on any atom is 0.119 e. The van der Waals surface area contributed by atoms with E-state index in [4.69, 9.17) is 4.74 Å². The maximum absolute atomic E-state index is 10.5. The predicted octanol–water partition coefficient (Wildman–Crippen LogP) is 2.05. The Morgan fingerprint density at radius 2 is 2.17 bits per heavy atom. The predicted molar refractivity (Wildman–Crippen MR) is 70.2 cm³/mol. The molecule has 0 atom stereocenters. The van der Waals surface area contributed by atoms with Crippen LogP contribution in [0.15, 0.2) is 24.3 Å². The molecule has 0 N–H and O–H groups in total. The molecule has 0 radical (unpaired) electrons. The molecule has 0 aromatic heterocycles. The summed E-state index contributed by atoms with van der Waals surface area (Å²) in [6.07, 6.45) is 4.59. The van der Waals surface area contributed by atoms with Crippen molar-refractivity contribution in [3.05, 3.63) is 35.4 Å². The van der Waals surface area contributed by atoms with Gasteiger partial charge >= 0.3 is 0 Å². The van der Waals surface area contributed by atoms with Gasteiger partial charge in [0.05, 0.1) is 13.1 Å². The fraction of sp³-hybridized carbons (Fsp3) is 0.400. The molecule has 0 heterocycles. The number of carbonyl (C=O) groups excluding carboxylic acids is 1. The second kappa shape index (κ2) is 6.84. The smallest absolute Gasteiger partial charge is 0.119 e. The van der Waals surface area contributed by atoms with Crippen LogP contribution < -0.4 is 9.84 Å². The molecule has 0 spiro atoms. The van der Waals surface area contributed by atoms with Crippen molar-refractivity contribution in [2.24, 2.45) is 5.92 Å². The molecule has 0 aliphatic rings. The normalized spacial score (nSPS) is 11.1. The van der Waals surface area contributed by atoms with Crippen LogP contribution in [0.1, 0.15) is 31.4 Å². The lowest BCUT2D eigenvalue weighted by atomic mass is 9.98. The zero-order valence-corrected chi connectivity index (χ0v) is 11.1. The highest BCUT2D eigenvalue weighted by atomic mass is 16.5. The number of carbonyl (C=O) groups is 1. The largest absolute Gasteiger partial charge is 0.545 e. The molecular weight excluding hydrogens is 228 g/mol. The van der Waals surface area contributed by atoms with E-state index < -0.39 is 5.97 Å². The van der Waals surface area contributed by atoms with Gasteiger partial charge in [-0.3, -0.25) is 0 Å². The fourth-order valence-electron chi connectivity index (χ4n) is 1.69. The Morgan fingerprint density at radius 1 is 1.44 bits per heavy atom. The molecule has 1 aromatic rings. The van der Waals surface area contributed by atoms with Gasteiger partial charge in [-0.05, 0) is 48.1 Å². The number of methoxy groups -OCH3 is 1. The Hall–Kier alpha value is -1.77. The molecule has 0 aliphatic heterocycles. The highest BCUT2D eigenvalue weighted by molar-refractivity contribution is 5.84. The maximum atomic E-state index is 10.5. The average Bonchev–Trinajstić information content (AvgIpc) is 2.34. The summed E-state index contributed by atoms with van der Waals surface area (Å²) in [5, 5.41) is 10.5. The van der Waals surface area contributed by atoms with Crippen LogP contribution in [0.5, 0.6) is 5.75 Å². The summed E-state index contributed by atoms with van der Waals surface area (Å²) in [7, 11) is 1.62. The number of hydrogen-bond acceptors (Lipinski definition) is 3. The van der Waals surface area contributed by atoms with Crippen molar-refractivity contribution in [3.63, 3.8) is 0 Å². The van der Waals surface area contributed by atoms with Crippen LogP contribution >= 0.6 is 0 Å². The van der Waals surface area contributed by atoms with Crippen LogP contribution in [-0.4, -0.2) is 13.1 Å². The van der Waals surface area contributed by atoms with Gasteiger partial charge < -0.3 is 14.6 Å². The number of benzene rings is 1. The van der Waals surface area contributed by atoms with Crippen molar-refractivity contribution in [2.45, 2.75) is 26.7 Å². The Morgan fingerprint density at radius 3 is 2.72 bits per heavy atom. The first-order valence-electron chi connectivity index (χ1n) is 6.09. The van der Waals surface area contributed by atoms with Gasteiger partial charge in [-0.25, -0.2) is 0 Å². The van der Waals surface area contributed by atoms with E-state index >= 15 is 0 Å². The summed E-state index contributed by atoms with van der Waals surface area (Å²) in [6, 6.07) is 5.65. The lowest BCUT2D eigenvalue weighted by Gasteiger charge is -2.10. The quantitative estimate of drug-likeness (QED) is 0.723. The first-order valence-corrected chi connectivity index (χ1v) is 6.09. The topological polar surface area (TPSA) is 49.4 Å². The lowest BCUT2D eigenvalue weighted by Crippen LogP contribution is -2.18. The second-order valence-corrected chi connectivity index (χ2v) is 4.65. The van der Waals surface area contributed by atoms with Crippen molar-refractivity contribution < 1.29 is 14.6 Å². The number of aryl methyl sites for hydroxylation is 1. The highest BCUT2D eigenvalue weighted by Gasteiger charge is 2.04. The van der Waals surface area contributed by atoms with Crippen LogP contribution in [0.4, 0.5) is 0 Å². The van der Waals surface area contributed by atoms with E-state index in [0.717, 1.165) is 35.8 Å². The number of carboxylic acid groups (broad SMARTS) is 1. The van der Waals surface area contributed by atoms with E-state index in [9.17, 15) is 9.90 Å². The summed E-state index contributed by atoms with van der Waals surface area (Å²) in [6.45, 7) is 4.33. The molecule has 98 valence electrons. The Labute approximate surface area is 108 Å². The number of hydrogen-bond donors (Lipinski definition) is 0. The van der Waals surface area contributed by atoms with E-state index in [1.165, 1.54) is 0 Å². The van der Waals surface area contributed by atoms with E-state index in [1.807, 2.05) is 18.2 Å². The molecule has 0 unspecified atom stereocenters. The van der Waals surface area contributed by atoms with E-state index in [0.29, 0.717) is 5.92 Å². The minimum Gasteiger partial charge on any atom is -0.545 e. The molecule has 0 aliphatic carbocycles. The summed E-state index contributed by atoms with van der Waals surface area (Å²) in [5.41, 5.74) is 2.00. The molecule has 3 heteroatoms. The minimum absolute atomic E-state index is 0.606. The van der Waals surface area contributed by atoms with Gasteiger partial charge in [0.2, 0.25) is 0 Å². The highest BCUT2D eigenvalue weighted by Crippen LogP contribution is 2.21. The zero-order chi connectivity index (χ0) is 13.5. The first-order chi connectivity index (χ1) is 8.52. The van der Waals surface area contributed by atoms with E-state index in [1.54, 1.807) is 13.2 Å². The summed E-state index contributed by atoms with van der Waals surface area (Å²) in [5.74, 6) is 0.217. The molecule has 1 rings (SSSR count). The van der Waals surface area contributed by atoms with Crippen molar-refractivity contribution in [1.82, 2.24) is 0 Å². The van der Waals surface area contributed by atoms with Crippen molar-refractivity contribution >= 4 is 12.0 Å². The van der Waals surface area contributed by atoms with Crippen LogP contribution in [0.2, 0.25) is 0 Å². The van der Waals surface area contributed by atoms with Crippen LogP contribution in [-0.2, 0) is 11.2 Å². The third-order valence-corrected chi connectivity index (χ3v) is 2.74. The lowest BCUT2D eigenvalue weighted by molar-refractivity contribution is -0.297. The van der Waals surface area contributed by atoms with E-state index in [2.05, 4.69) is 13.8 Å². The number of ether oxygens (including phenoxy) is 1. The Balaban J connectivity index is 2.96. The van der Waals surface area contributed by atoms with Gasteiger partial charge in [-0.1, -0.05) is 26.0 Å². The van der Waals surface area contributed by atoms with Crippen LogP contribution in [0.3, 0.4) is 0 Å². The molecular formula is C15H19O3-. The Kier molecular flexibility index (Phi) is 5.43. The first kappa shape index (κ1) is 14.3. The molecule has 3 nitrogen and oxygen atoms in total. The second-order valence-electron chi connectivity index (χ2n) is 4.65. The fourth-order valence-corrected chi connectivity index (χ4v) is 1.69. The van der Waals surface area contributed by atoms with Gasteiger partial charge in [0.15, 0.2) is 0 Å². The van der Waals surface area contributed by atoms with Crippen molar-refractivity contribution in [3.8, 4) is 5.75 Å². The third-order valence-electron chi connectivity index (χ3n) is 2.74. The summed E-state index contributed by atoms with van der Waals surface area (Å²) < 4.78 is 5.19. The SMILES string of the molecule is COc1ccc(/C=C/C(=O)[O-])c(CCC(C)C)c1. The van der Waals surface area contributed by atoms with Crippen LogP contribution in [0, 0.1) is 5.92 Å². The van der Waals surface area contributed by atoms with Gasteiger partial charge in [0, 0.05) is 0 Å². The van der Waals surface area contributed by atoms with Gasteiger partial charge in [-0.15, -0.1) is 0 Å². The third kappa shape index (κ3) is 4.62. The number of carboxylic acids is 1. The van der Waals surface area contributed by atoms with Gasteiger partial charge in [0.25, 0.3) is 0 Å². The molecule has 18 heavy (non-hydrogen) atoms.